The molecular formula is C18H17ClO. The minimum Gasteiger partial charge on any atom is -0.294 e. The van der Waals surface area contributed by atoms with E-state index in [1.165, 1.54) is 11.1 Å². The van der Waals surface area contributed by atoms with Gasteiger partial charge in [0.2, 0.25) is 0 Å². The summed E-state index contributed by atoms with van der Waals surface area (Å²) >= 11 is 6.03. The number of hydrogen-bond donors (Lipinski definition) is 0. The minimum atomic E-state index is 0.102. The quantitative estimate of drug-likeness (QED) is 0.735. The van der Waals surface area contributed by atoms with Crippen LogP contribution >= 0.6 is 11.6 Å². The summed E-state index contributed by atoms with van der Waals surface area (Å²) in [7, 11) is 0. The summed E-state index contributed by atoms with van der Waals surface area (Å²) in [5.74, 6) is 0.352. The summed E-state index contributed by atoms with van der Waals surface area (Å²) in [5, 5.41) is 0.718. The van der Waals surface area contributed by atoms with Crippen molar-refractivity contribution < 1.29 is 4.79 Å². The third kappa shape index (κ3) is 2.51. The number of rotatable bonds is 2. The van der Waals surface area contributed by atoms with Crippen LogP contribution in [-0.4, -0.2) is 5.78 Å². The van der Waals surface area contributed by atoms with Crippen molar-refractivity contribution in [2.75, 3.05) is 0 Å². The molecule has 0 radical (unpaired) electrons. The average molecular weight is 285 g/mol. The Bertz CT molecular complexity index is 660. The summed E-state index contributed by atoms with van der Waals surface area (Å²) in [6.45, 7) is 1.94. The Morgan fingerprint density at radius 3 is 2.65 bits per heavy atom. The van der Waals surface area contributed by atoms with Crippen LogP contribution in [0.4, 0.5) is 0 Å². The molecule has 2 aromatic rings. The second-order valence-electron chi connectivity index (χ2n) is 5.54. The highest BCUT2D eigenvalue weighted by molar-refractivity contribution is 6.31. The fourth-order valence-corrected chi connectivity index (χ4v) is 3.07. The van der Waals surface area contributed by atoms with E-state index >= 15 is 0 Å². The Hall–Kier alpha value is -1.60. The van der Waals surface area contributed by atoms with Crippen LogP contribution in [0.15, 0.2) is 42.5 Å². The molecule has 1 nitrogen and oxygen atoms in total. The zero-order chi connectivity index (χ0) is 14.1. The van der Waals surface area contributed by atoms with Gasteiger partial charge in [0, 0.05) is 16.5 Å². The van der Waals surface area contributed by atoms with Gasteiger partial charge in [-0.3, -0.25) is 4.79 Å². The number of Topliss-reactive ketones (excluding diaryl/α,β-unsaturated/α-hetero) is 1. The van der Waals surface area contributed by atoms with E-state index in [2.05, 4.69) is 24.3 Å². The van der Waals surface area contributed by atoms with Gasteiger partial charge in [-0.15, -0.1) is 0 Å². The number of carbonyl (C=O) groups is 1. The van der Waals surface area contributed by atoms with Crippen molar-refractivity contribution in [1.29, 1.82) is 0 Å². The topological polar surface area (TPSA) is 17.1 Å². The molecule has 1 aliphatic carbocycles. The van der Waals surface area contributed by atoms with Crippen LogP contribution in [0, 0.1) is 12.8 Å². The Labute approximate surface area is 124 Å². The molecule has 0 N–H and O–H groups in total. The second-order valence-corrected chi connectivity index (χ2v) is 5.94. The first-order valence-electron chi connectivity index (χ1n) is 7.02. The van der Waals surface area contributed by atoms with E-state index in [-0.39, 0.29) is 11.7 Å². The van der Waals surface area contributed by atoms with Crippen LogP contribution < -0.4 is 0 Å². The third-order valence-corrected chi connectivity index (χ3v) is 4.58. The van der Waals surface area contributed by atoms with Gasteiger partial charge in [-0.25, -0.2) is 0 Å². The lowest BCUT2D eigenvalue weighted by atomic mass is 9.80. The summed E-state index contributed by atoms with van der Waals surface area (Å²) in [4.78, 5) is 12.6. The van der Waals surface area contributed by atoms with Gasteiger partial charge in [0.1, 0.15) is 0 Å². The van der Waals surface area contributed by atoms with Crippen LogP contribution in [0.25, 0.3) is 0 Å². The monoisotopic (exact) mass is 284 g/mol. The van der Waals surface area contributed by atoms with Crippen LogP contribution in [0.3, 0.4) is 0 Å². The van der Waals surface area contributed by atoms with Gasteiger partial charge in [-0.05, 0) is 61.1 Å². The van der Waals surface area contributed by atoms with Crippen molar-refractivity contribution in [3.63, 3.8) is 0 Å². The lowest BCUT2D eigenvalue weighted by Crippen LogP contribution is -2.22. The number of halogens is 1. The summed E-state index contributed by atoms with van der Waals surface area (Å²) < 4.78 is 0. The predicted molar refractivity (Wildman–Crippen MR) is 82.5 cm³/mol. The standard InChI is InChI=1S/C18H17ClO/c1-12-10-15(8-9-17(12)19)18(20)16-7-6-13-4-2-3-5-14(13)11-16/h2-5,8-10,16H,6-7,11H2,1H3. The van der Waals surface area contributed by atoms with Crippen LogP contribution in [-0.2, 0) is 12.8 Å². The fraction of sp³-hybridized carbons (Fsp3) is 0.278. The van der Waals surface area contributed by atoms with E-state index in [4.69, 9.17) is 11.6 Å². The molecule has 0 aromatic heterocycles. The van der Waals surface area contributed by atoms with Crippen LogP contribution in [0.2, 0.25) is 5.02 Å². The SMILES string of the molecule is Cc1cc(C(=O)C2CCc3ccccc3C2)ccc1Cl. The maximum atomic E-state index is 12.6. The molecule has 2 aromatic carbocycles. The van der Waals surface area contributed by atoms with Gasteiger partial charge in [0.05, 0.1) is 0 Å². The van der Waals surface area contributed by atoms with Crippen LogP contribution in [0.5, 0.6) is 0 Å². The molecule has 0 spiro atoms. The van der Waals surface area contributed by atoms with Crippen molar-refractivity contribution >= 4 is 17.4 Å². The van der Waals surface area contributed by atoms with Gasteiger partial charge in [-0.1, -0.05) is 35.9 Å². The maximum Gasteiger partial charge on any atom is 0.166 e. The largest absolute Gasteiger partial charge is 0.294 e. The molecule has 20 heavy (non-hydrogen) atoms. The summed E-state index contributed by atoms with van der Waals surface area (Å²) in [5.41, 5.74) is 4.47. The van der Waals surface area contributed by atoms with Crippen molar-refractivity contribution in [2.45, 2.75) is 26.2 Å². The van der Waals surface area contributed by atoms with Gasteiger partial charge in [-0.2, -0.15) is 0 Å². The number of aryl methyl sites for hydroxylation is 2. The Morgan fingerprint density at radius 1 is 1.15 bits per heavy atom. The highest BCUT2D eigenvalue weighted by Gasteiger charge is 2.25. The van der Waals surface area contributed by atoms with E-state index in [0.717, 1.165) is 35.4 Å². The molecule has 2 heteroatoms. The first-order chi connectivity index (χ1) is 9.65. The second kappa shape index (κ2) is 5.41. The Morgan fingerprint density at radius 2 is 1.90 bits per heavy atom. The van der Waals surface area contributed by atoms with E-state index in [0.29, 0.717) is 0 Å². The molecule has 1 atom stereocenters. The highest BCUT2D eigenvalue weighted by Crippen LogP contribution is 2.28. The van der Waals surface area contributed by atoms with Gasteiger partial charge >= 0.3 is 0 Å². The van der Waals surface area contributed by atoms with Gasteiger partial charge < -0.3 is 0 Å². The zero-order valence-corrected chi connectivity index (χ0v) is 12.3. The third-order valence-electron chi connectivity index (χ3n) is 4.16. The lowest BCUT2D eigenvalue weighted by Gasteiger charge is -2.23. The number of benzene rings is 2. The molecule has 0 aliphatic heterocycles. The van der Waals surface area contributed by atoms with E-state index < -0.39 is 0 Å². The minimum absolute atomic E-state index is 0.102. The first kappa shape index (κ1) is 13.4. The molecule has 0 bridgehead atoms. The number of fused-ring (bicyclic) bond motifs is 1. The molecule has 1 aliphatic rings. The molecular weight excluding hydrogens is 268 g/mol. The zero-order valence-electron chi connectivity index (χ0n) is 11.5. The van der Waals surface area contributed by atoms with Crippen molar-refractivity contribution in [3.05, 3.63) is 69.7 Å². The molecule has 0 heterocycles. The average Bonchev–Trinajstić information content (AvgIpc) is 2.49. The molecule has 0 saturated carbocycles. The van der Waals surface area contributed by atoms with Crippen molar-refractivity contribution in [3.8, 4) is 0 Å². The van der Waals surface area contributed by atoms with Crippen molar-refractivity contribution in [2.24, 2.45) is 5.92 Å². The normalized spacial score (nSPS) is 17.6. The molecule has 3 rings (SSSR count). The number of carbonyl (C=O) groups excluding carboxylic acids is 1. The molecule has 1 unspecified atom stereocenters. The van der Waals surface area contributed by atoms with Gasteiger partial charge in [0.15, 0.2) is 5.78 Å². The fourth-order valence-electron chi connectivity index (χ4n) is 2.96. The highest BCUT2D eigenvalue weighted by atomic mass is 35.5. The molecule has 0 fully saturated rings. The smallest absolute Gasteiger partial charge is 0.166 e. The molecule has 0 saturated heterocycles. The molecule has 0 amide bonds. The Balaban J connectivity index is 1.84. The maximum absolute atomic E-state index is 12.6. The van der Waals surface area contributed by atoms with Gasteiger partial charge in [0.25, 0.3) is 0 Å². The number of ketones is 1. The number of hydrogen-bond acceptors (Lipinski definition) is 1. The summed E-state index contributed by atoms with van der Waals surface area (Å²) in [6.07, 6.45) is 2.80. The lowest BCUT2D eigenvalue weighted by molar-refractivity contribution is 0.0908. The first-order valence-corrected chi connectivity index (χ1v) is 7.40. The predicted octanol–water partition coefficient (Wildman–Crippen LogP) is 4.64. The summed E-state index contributed by atoms with van der Waals surface area (Å²) in [6, 6.07) is 14.0. The van der Waals surface area contributed by atoms with E-state index in [1.54, 1.807) is 0 Å². The van der Waals surface area contributed by atoms with E-state index in [9.17, 15) is 4.79 Å². The van der Waals surface area contributed by atoms with Crippen molar-refractivity contribution in [1.82, 2.24) is 0 Å². The Kier molecular flexibility index (Phi) is 3.62. The van der Waals surface area contributed by atoms with Crippen LogP contribution in [0.1, 0.15) is 33.5 Å². The molecule has 102 valence electrons. The van der Waals surface area contributed by atoms with E-state index in [1.807, 2.05) is 25.1 Å².